The smallest absolute Gasteiger partial charge is 0.179 e. The van der Waals surface area contributed by atoms with Crippen LogP contribution in [0.5, 0.6) is 0 Å². The normalized spacial score (nSPS) is 20.8. The second-order valence-corrected chi connectivity index (χ2v) is 10.3. The third-order valence-electron chi connectivity index (χ3n) is 7.83. The van der Waals surface area contributed by atoms with E-state index in [0.717, 1.165) is 78.5 Å². The zero-order chi connectivity index (χ0) is 25.0. The number of ketones is 1. The topological polar surface area (TPSA) is 84.0 Å². The lowest BCUT2D eigenvalue weighted by molar-refractivity contribution is 0.00478. The first-order valence-electron chi connectivity index (χ1n) is 13.4. The van der Waals surface area contributed by atoms with E-state index in [4.69, 9.17) is 9.72 Å². The van der Waals surface area contributed by atoms with Gasteiger partial charge in [-0.15, -0.1) is 0 Å². The van der Waals surface area contributed by atoms with Crippen molar-refractivity contribution in [3.8, 4) is 11.4 Å². The van der Waals surface area contributed by atoms with Crippen LogP contribution in [-0.4, -0.2) is 63.0 Å². The first-order chi connectivity index (χ1) is 18.2. The highest BCUT2D eigenvalue weighted by atomic mass is 16.5. The van der Waals surface area contributed by atoms with Crippen molar-refractivity contribution in [2.75, 3.05) is 26.3 Å². The van der Waals surface area contributed by atoms with Gasteiger partial charge in [0.1, 0.15) is 5.82 Å². The zero-order valence-electron chi connectivity index (χ0n) is 21.1. The van der Waals surface area contributed by atoms with Crippen LogP contribution in [0.3, 0.4) is 0 Å². The lowest BCUT2D eigenvalue weighted by Gasteiger charge is -2.38. The lowest BCUT2D eigenvalue weighted by atomic mass is 9.82. The molecule has 1 aliphatic heterocycles. The fourth-order valence-corrected chi connectivity index (χ4v) is 5.79. The van der Waals surface area contributed by atoms with Gasteiger partial charge in [-0.1, -0.05) is 12.1 Å². The Morgan fingerprint density at radius 1 is 0.946 bits per heavy atom. The average molecular weight is 496 g/mol. The summed E-state index contributed by atoms with van der Waals surface area (Å²) in [7, 11) is 0. The van der Waals surface area contributed by atoms with Gasteiger partial charge in [0.15, 0.2) is 5.78 Å². The molecule has 4 aromatic rings. The largest absolute Gasteiger partial charge is 0.379 e. The first kappa shape index (κ1) is 23.9. The lowest BCUT2D eigenvalue weighted by Crippen LogP contribution is -2.45. The van der Waals surface area contributed by atoms with E-state index in [-0.39, 0.29) is 5.78 Å². The van der Waals surface area contributed by atoms with E-state index in [2.05, 4.69) is 38.1 Å². The standard InChI is InChI=1S/C30H33N5O2/c36-29(18-21-4-7-24(8-5-21)35-13-15-37-16-14-35)28-20-23-17-22(6-9-25(23)33-28)19-30-32-12-10-27(34-30)26-3-1-2-11-31-26/h1-3,6,9-12,17,20-21,24,33H,4-5,7-8,13-16,18-19H2. The molecule has 4 heterocycles. The molecule has 2 aliphatic rings. The molecule has 1 saturated heterocycles. The van der Waals surface area contributed by atoms with Gasteiger partial charge in [-0.25, -0.2) is 9.97 Å². The number of morpholine rings is 1. The minimum absolute atomic E-state index is 0.221. The molecule has 0 spiro atoms. The van der Waals surface area contributed by atoms with E-state index in [0.29, 0.717) is 24.8 Å². The van der Waals surface area contributed by atoms with Gasteiger partial charge in [-0.2, -0.15) is 0 Å². The number of Topliss-reactive ketones (excluding diaryl/α,β-unsaturated/α-hetero) is 1. The van der Waals surface area contributed by atoms with Crippen molar-refractivity contribution in [3.05, 3.63) is 78.0 Å². The monoisotopic (exact) mass is 495 g/mol. The molecule has 7 nitrogen and oxygen atoms in total. The Kier molecular flexibility index (Phi) is 7.06. The number of H-pyrrole nitrogens is 1. The highest BCUT2D eigenvalue weighted by Gasteiger charge is 2.28. The van der Waals surface area contributed by atoms with Crippen LogP contribution >= 0.6 is 0 Å². The molecular weight excluding hydrogens is 462 g/mol. The molecule has 190 valence electrons. The number of carbonyl (C=O) groups excluding carboxylic acids is 1. The van der Waals surface area contributed by atoms with Crippen LogP contribution in [0.25, 0.3) is 22.3 Å². The van der Waals surface area contributed by atoms with Gasteiger partial charge in [0.2, 0.25) is 0 Å². The summed E-state index contributed by atoms with van der Waals surface area (Å²) < 4.78 is 5.50. The molecule has 0 atom stereocenters. The Labute approximate surface area is 217 Å². The van der Waals surface area contributed by atoms with E-state index in [9.17, 15) is 4.79 Å². The average Bonchev–Trinajstić information content (AvgIpc) is 3.38. The predicted octanol–water partition coefficient (Wildman–Crippen LogP) is 5.07. The molecule has 0 radical (unpaired) electrons. The van der Waals surface area contributed by atoms with E-state index < -0.39 is 0 Å². The Morgan fingerprint density at radius 3 is 2.62 bits per heavy atom. The number of pyridine rings is 1. The summed E-state index contributed by atoms with van der Waals surface area (Å²) in [4.78, 5) is 32.6. The van der Waals surface area contributed by atoms with Crippen molar-refractivity contribution in [2.45, 2.75) is 44.6 Å². The summed E-state index contributed by atoms with van der Waals surface area (Å²) in [5.74, 6) is 1.45. The van der Waals surface area contributed by atoms with Crippen LogP contribution in [0.4, 0.5) is 0 Å². The zero-order valence-corrected chi connectivity index (χ0v) is 21.1. The maximum atomic E-state index is 13.1. The maximum Gasteiger partial charge on any atom is 0.179 e. The quantitative estimate of drug-likeness (QED) is 0.360. The number of benzene rings is 1. The second-order valence-electron chi connectivity index (χ2n) is 10.3. The molecule has 7 heteroatoms. The molecule has 2 fully saturated rings. The summed E-state index contributed by atoms with van der Waals surface area (Å²) in [5.41, 5.74) is 4.48. The van der Waals surface area contributed by atoms with Crippen molar-refractivity contribution in [3.63, 3.8) is 0 Å². The van der Waals surface area contributed by atoms with Crippen LogP contribution in [0.15, 0.2) is 60.9 Å². The number of hydrogen-bond acceptors (Lipinski definition) is 6. The summed E-state index contributed by atoms with van der Waals surface area (Å²) in [6, 6.07) is 16.6. The molecule has 37 heavy (non-hydrogen) atoms. The van der Waals surface area contributed by atoms with Crippen molar-refractivity contribution in [1.82, 2.24) is 24.8 Å². The molecule has 0 bridgehead atoms. The van der Waals surface area contributed by atoms with E-state index >= 15 is 0 Å². The highest BCUT2D eigenvalue weighted by molar-refractivity contribution is 5.99. The number of hydrogen-bond donors (Lipinski definition) is 1. The van der Waals surface area contributed by atoms with Gasteiger partial charge in [0.05, 0.1) is 30.3 Å². The number of carbonyl (C=O) groups is 1. The van der Waals surface area contributed by atoms with Crippen molar-refractivity contribution in [1.29, 1.82) is 0 Å². The van der Waals surface area contributed by atoms with Gasteiger partial charge in [0, 0.05) is 55.3 Å². The minimum Gasteiger partial charge on any atom is -0.379 e. The van der Waals surface area contributed by atoms with E-state index in [1.807, 2.05) is 30.3 Å². The van der Waals surface area contributed by atoms with Crippen molar-refractivity contribution in [2.24, 2.45) is 5.92 Å². The Bertz CT molecular complexity index is 1350. The Hall–Kier alpha value is -3.42. The molecule has 6 rings (SSSR count). The third kappa shape index (κ3) is 5.63. The maximum absolute atomic E-state index is 13.1. The van der Waals surface area contributed by atoms with Gasteiger partial charge < -0.3 is 9.72 Å². The van der Waals surface area contributed by atoms with Crippen LogP contribution in [0.2, 0.25) is 0 Å². The van der Waals surface area contributed by atoms with Gasteiger partial charge >= 0.3 is 0 Å². The molecule has 0 amide bonds. The molecule has 1 saturated carbocycles. The predicted molar refractivity (Wildman–Crippen MR) is 143 cm³/mol. The second kappa shape index (κ2) is 10.9. The van der Waals surface area contributed by atoms with Crippen LogP contribution < -0.4 is 0 Å². The number of ether oxygens (including phenoxy) is 1. The fourth-order valence-electron chi connectivity index (χ4n) is 5.79. The molecule has 1 N–H and O–H groups in total. The number of aromatic amines is 1. The molecule has 1 aliphatic carbocycles. The summed E-state index contributed by atoms with van der Waals surface area (Å²) in [5, 5.41) is 1.05. The van der Waals surface area contributed by atoms with Gasteiger partial charge in [-0.3, -0.25) is 14.7 Å². The molecular formula is C30H33N5O2. The summed E-state index contributed by atoms with van der Waals surface area (Å²) >= 11 is 0. The number of aromatic nitrogens is 4. The van der Waals surface area contributed by atoms with Crippen LogP contribution in [-0.2, 0) is 11.2 Å². The van der Waals surface area contributed by atoms with Crippen LogP contribution in [0, 0.1) is 5.92 Å². The first-order valence-corrected chi connectivity index (χ1v) is 13.4. The van der Waals surface area contributed by atoms with E-state index in [1.165, 1.54) is 12.8 Å². The number of rotatable bonds is 7. The SMILES string of the molecule is O=C(CC1CCC(N2CCOCC2)CC1)c1cc2cc(Cc3nccc(-c4ccccn4)n3)ccc2[nH]1. The fraction of sp³-hybridized carbons (Fsp3) is 0.400. The van der Waals surface area contributed by atoms with Crippen molar-refractivity contribution >= 4 is 16.7 Å². The minimum atomic E-state index is 0.221. The Balaban J connectivity index is 1.09. The Morgan fingerprint density at radius 2 is 1.81 bits per heavy atom. The van der Waals surface area contributed by atoms with Gasteiger partial charge in [-0.05, 0) is 73.6 Å². The molecule has 0 unspecified atom stereocenters. The highest BCUT2D eigenvalue weighted by Crippen LogP contribution is 2.31. The van der Waals surface area contributed by atoms with Crippen LogP contribution in [0.1, 0.15) is 54.0 Å². The summed E-state index contributed by atoms with van der Waals surface area (Å²) in [6.45, 7) is 3.80. The third-order valence-corrected chi connectivity index (χ3v) is 7.83. The van der Waals surface area contributed by atoms with Gasteiger partial charge in [0.25, 0.3) is 0 Å². The van der Waals surface area contributed by atoms with E-state index in [1.54, 1.807) is 12.4 Å². The molecule has 3 aromatic heterocycles. The molecule has 1 aromatic carbocycles. The van der Waals surface area contributed by atoms with Crippen molar-refractivity contribution < 1.29 is 9.53 Å². The number of nitrogens with one attached hydrogen (secondary N) is 1. The number of fused-ring (bicyclic) bond motifs is 1. The summed E-state index contributed by atoms with van der Waals surface area (Å²) in [6.07, 6.45) is 9.46. The number of nitrogens with zero attached hydrogens (tertiary/aromatic N) is 4.